The van der Waals surface area contributed by atoms with Crippen LogP contribution in [-0.4, -0.2) is 52.6 Å². The van der Waals surface area contributed by atoms with Crippen LogP contribution in [0.2, 0.25) is 0 Å². The summed E-state index contributed by atoms with van der Waals surface area (Å²) in [5.74, 6) is 0. The van der Waals surface area contributed by atoms with Gasteiger partial charge in [-0.2, -0.15) is 9.40 Å². The number of H-pyrrole nitrogens is 1. The van der Waals surface area contributed by atoms with E-state index in [1.54, 1.807) is 18.6 Å². The second-order valence-electron chi connectivity index (χ2n) is 4.29. The summed E-state index contributed by atoms with van der Waals surface area (Å²) in [6.07, 6.45) is 6.95. The van der Waals surface area contributed by atoms with Crippen LogP contribution in [0.4, 0.5) is 0 Å². The Bertz CT molecular complexity index is 659. The van der Waals surface area contributed by atoms with Crippen LogP contribution in [0.15, 0.2) is 35.9 Å². The number of rotatable bonds is 3. The SMILES string of the molecule is O=S(=O)(c1cn[nH]c1)N1CCO[C@H](c2cnccn2)C1. The monoisotopic (exact) mass is 295 g/mol. The highest BCUT2D eigenvalue weighted by Gasteiger charge is 2.32. The zero-order valence-electron chi connectivity index (χ0n) is 10.5. The molecular formula is C11H13N5O3S. The van der Waals surface area contributed by atoms with Crippen LogP contribution in [0.5, 0.6) is 0 Å². The van der Waals surface area contributed by atoms with Gasteiger partial charge in [0.2, 0.25) is 10.0 Å². The first-order valence-electron chi connectivity index (χ1n) is 6.04. The maximum atomic E-state index is 12.4. The third kappa shape index (κ3) is 2.42. The Morgan fingerprint density at radius 2 is 2.25 bits per heavy atom. The van der Waals surface area contributed by atoms with Crippen LogP contribution in [0, 0.1) is 0 Å². The summed E-state index contributed by atoms with van der Waals surface area (Å²) in [7, 11) is -3.55. The lowest BCUT2D eigenvalue weighted by Gasteiger charge is -2.31. The fourth-order valence-corrected chi connectivity index (χ4v) is 3.36. The van der Waals surface area contributed by atoms with E-state index in [9.17, 15) is 8.42 Å². The minimum Gasteiger partial charge on any atom is -0.369 e. The number of morpholine rings is 1. The van der Waals surface area contributed by atoms with Gasteiger partial charge in [-0.25, -0.2) is 8.42 Å². The molecule has 2 aromatic rings. The average Bonchev–Trinajstić information content (AvgIpc) is 3.03. The van der Waals surface area contributed by atoms with E-state index < -0.39 is 16.1 Å². The predicted molar refractivity (Wildman–Crippen MR) is 68.1 cm³/mol. The molecule has 0 spiro atoms. The van der Waals surface area contributed by atoms with Crippen molar-refractivity contribution in [3.63, 3.8) is 0 Å². The van der Waals surface area contributed by atoms with E-state index in [2.05, 4.69) is 20.2 Å². The van der Waals surface area contributed by atoms with Gasteiger partial charge in [-0.05, 0) is 0 Å². The minimum atomic E-state index is -3.55. The summed E-state index contributed by atoms with van der Waals surface area (Å²) in [4.78, 5) is 8.28. The molecule has 0 aliphatic carbocycles. The Hall–Kier alpha value is -1.84. The molecule has 1 aliphatic heterocycles. The maximum Gasteiger partial charge on any atom is 0.246 e. The largest absolute Gasteiger partial charge is 0.369 e. The first kappa shape index (κ1) is 13.2. The zero-order chi connectivity index (χ0) is 14.0. The second kappa shape index (κ2) is 5.27. The van der Waals surface area contributed by atoms with Crippen molar-refractivity contribution in [2.24, 2.45) is 0 Å². The van der Waals surface area contributed by atoms with Crippen molar-refractivity contribution in [1.29, 1.82) is 0 Å². The fraction of sp³-hybridized carbons (Fsp3) is 0.364. The van der Waals surface area contributed by atoms with Gasteiger partial charge in [-0.1, -0.05) is 0 Å². The van der Waals surface area contributed by atoms with Crippen molar-refractivity contribution < 1.29 is 13.2 Å². The molecule has 2 aromatic heterocycles. The third-order valence-corrected chi connectivity index (χ3v) is 4.88. The van der Waals surface area contributed by atoms with Crippen molar-refractivity contribution in [2.45, 2.75) is 11.0 Å². The van der Waals surface area contributed by atoms with E-state index in [4.69, 9.17) is 4.74 Å². The number of nitrogens with one attached hydrogen (secondary N) is 1. The molecule has 3 heterocycles. The van der Waals surface area contributed by atoms with Crippen LogP contribution in [0.1, 0.15) is 11.8 Å². The molecule has 1 N–H and O–H groups in total. The molecule has 0 unspecified atom stereocenters. The molecule has 1 fully saturated rings. The van der Waals surface area contributed by atoms with Crippen molar-refractivity contribution in [3.8, 4) is 0 Å². The van der Waals surface area contributed by atoms with Crippen molar-refractivity contribution in [3.05, 3.63) is 36.7 Å². The molecule has 0 amide bonds. The molecule has 20 heavy (non-hydrogen) atoms. The molecular weight excluding hydrogens is 282 g/mol. The Morgan fingerprint density at radius 1 is 1.35 bits per heavy atom. The Morgan fingerprint density at radius 3 is 2.95 bits per heavy atom. The number of hydrogen-bond donors (Lipinski definition) is 1. The summed E-state index contributed by atoms with van der Waals surface area (Å²) in [5.41, 5.74) is 0.625. The van der Waals surface area contributed by atoms with Gasteiger partial charge >= 0.3 is 0 Å². The summed E-state index contributed by atoms with van der Waals surface area (Å²) >= 11 is 0. The number of aromatic amines is 1. The molecule has 0 bridgehead atoms. The molecule has 106 valence electrons. The maximum absolute atomic E-state index is 12.4. The average molecular weight is 295 g/mol. The van der Waals surface area contributed by atoms with E-state index in [1.807, 2.05) is 0 Å². The normalized spacial score (nSPS) is 20.9. The van der Waals surface area contributed by atoms with Crippen molar-refractivity contribution in [1.82, 2.24) is 24.5 Å². The zero-order valence-corrected chi connectivity index (χ0v) is 11.3. The highest BCUT2D eigenvalue weighted by Crippen LogP contribution is 2.24. The van der Waals surface area contributed by atoms with Crippen LogP contribution in [0.3, 0.4) is 0 Å². The number of hydrogen-bond acceptors (Lipinski definition) is 6. The molecule has 0 radical (unpaired) electrons. The van der Waals surface area contributed by atoms with Crippen molar-refractivity contribution >= 4 is 10.0 Å². The molecule has 0 aromatic carbocycles. The first-order chi connectivity index (χ1) is 9.68. The second-order valence-corrected chi connectivity index (χ2v) is 6.22. The smallest absolute Gasteiger partial charge is 0.246 e. The highest BCUT2D eigenvalue weighted by molar-refractivity contribution is 7.89. The van der Waals surface area contributed by atoms with E-state index in [1.165, 1.54) is 16.7 Å². The van der Waals surface area contributed by atoms with Crippen molar-refractivity contribution in [2.75, 3.05) is 19.7 Å². The Balaban J connectivity index is 1.83. The standard InChI is InChI=1S/C11H13N5O3S/c17-20(18,9-5-14-15-6-9)16-3-4-19-11(8-16)10-7-12-1-2-13-10/h1-2,5-7,11H,3-4,8H2,(H,14,15)/t11-/m0/s1. The minimum absolute atomic E-state index is 0.150. The van der Waals surface area contributed by atoms with E-state index >= 15 is 0 Å². The topological polar surface area (TPSA) is 101 Å². The Labute approximate surface area is 115 Å². The third-order valence-electron chi connectivity index (χ3n) is 3.05. The summed E-state index contributed by atoms with van der Waals surface area (Å²) in [5, 5.41) is 6.18. The van der Waals surface area contributed by atoms with E-state index in [0.717, 1.165) is 0 Å². The molecule has 1 aliphatic rings. The van der Waals surface area contributed by atoms with Gasteiger partial charge in [-0.15, -0.1) is 0 Å². The number of nitrogens with zero attached hydrogens (tertiary/aromatic N) is 4. The Kier molecular flexibility index (Phi) is 3.47. The lowest BCUT2D eigenvalue weighted by atomic mass is 10.2. The van der Waals surface area contributed by atoms with E-state index in [0.29, 0.717) is 18.8 Å². The van der Waals surface area contributed by atoms with E-state index in [-0.39, 0.29) is 11.4 Å². The summed E-state index contributed by atoms with van der Waals surface area (Å²) in [6.45, 7) is 0.842. The van der Waals surface area contributed by atoms with Crippen LogP contribution in [0.25, 0.3) is 0 Å². The number of sulfonamides is 1. The molecule has 9 heteroatoms. The van der Waals surface area contributed by atoms with Gasteiger partial charge < -0.3 is 4.74 Å². The molecule has 1 atom stereocenters. The van der Waals surface area contributed by atoms with Gasteiger partial charge in [0.25, 0.3) is 0 Å². The molecule has 3 rings (SSSR count). The fourth-order valence-electron chi connectivity index (χ4n) is 2.03. The quantitative estimate of drug-likeness (QED) is 0.852. The number of ether oxygens (including phenoxy) is 1. The lowest BCUT2D eigenvalue weighted by molar-refractivity contribution is -0.00514. The van der Waals surface area contributed by atoms with Gasteiger partial charge in [0.05, 0.1) is 24.7 Å². The van der Waals surface area contributed by atoms with Gasteiger partial charge in [0.15, 0.2) is 0 Å². The first-order valence-corrected chi connectivity index (χ1v) is 7.48. The molecule has 1 saturated heterocycles. The van der Waals surface area contributed by atoms with Crippen LogP contribution < -0.4 is 0 Å². The molecule has 0 saturated carbocycles. The van der Waals surface area contributed by atoms with Gasteiger partial charge in [0.1, 0.15) is 11.0 Å². The van der Waals surface area contributed by atoms with Gasteiger partial charge in [-0.3, -0.25) is 15.1 Å². The van der Waals surface area contributed by atoms with Crippen LogP contribution >= 0.6 is 0 Å². The number of aromatic nitrogens is 4. The summed E-state index contributed by atoms with van der Waals surface area (Å²) < 4.78 is 31.7. The summed E-state index contributed by atoms with van der Waals surface area (Å²) in [6, 6.07) is 0. The lowest BCUT2D eigenvalue weighted by Crippen LogP contribution is -2.42. The van der Waals surface area contributed by atoms with Gasteiger partial charge in [0, 0.05) is 31.7 Å². The van der Waals surface area contributed by atoms with Crippen LogP contribution in [-0.2, 0) is 14.8 Å². The molecule has 8 nitrogen and oxygen atoms in total. The predicted octanol–water partition coefficient (Wildman–Crippen LogP) is -0.0381. The highest BCUT2D eigenvalue weighted by atomic mass is 32.2.